The SMILES string of the molecule is c1ccc2c(c1)nc1c(CCCN3CCCC3)nc3cncnc3n12. The van der Waals surface area contributed by atoms with Gasteiger partial charge in [-0.1, -0.05) is 12.1 Å². The van der Waals surface area contributed by atoms with Crippen LogP contribution in [0, 0.1) is 0 Å². The number of imidazole rings is 1. The molecule has 0 saturated carbocycles. The predicted octanol–water partition coefficient (Wildman–Crippen LogP) is 2.85. The van der Waals surface area contributed by atoms with Gasteiger partial charge in [0.15, 0.2) is 11.3 Å². The van der Waals surface area contributed by atoms with E-state index in [0.29, 0.717) is 0 Å². The second-order valence-corrected chi connectivity index (χ2v) is 6.70. The van der Waals surface area contributed by atoms with Crippen molar-refractivity contribution in [3.63, 3.8) is 0 Å². The highest BCUT2D eigenvalue weighted by Crippen LogP contribution is 2.23. The van der Waals surface area contributed by atoms with Gasteiger partial charge in [0.25, 0.3) is 0 Å². The molecule has 0 aliphatic carbocycles. The molecule has 1 aliphatic heterocycles. The largest absolute Gasteiger partial charge is 0.303 e. The third kappa shape index (κ3) is 2.53. The molecule has 0 N–H and O–H groups in total. The third-order valence-electron chi connectivity index (χ3n) is 5.05. The maximum absolute atomic E-state index is 4.84. The molecule has 0 amide bonds. The Morgan fingerprint density at radius 1 is 0.960 bits per heavy atom. The van der Waals surface area contributed by atoms with Gasteiger partial charge < -0.3 is 4.90 Å². The molecule has 6 nitrogen and oxygen atoms in total. The zero-order chi connectivity index (χ0) is 16.6. The van der Waals surface area contributed by atoms with Crippen LogP contribution in [-0.2, 0) is 6.42 Å². The van der Waals surface area contributed by atoms with E-state index in [0.717, 1.165) is 52.9 Å². The Balaban J connectivity index is 1.61. The van der Waals surface area contributed by atoms with E-state index in [9.17, 15) is 0 Å². The quantitative estimate of drug-likeness (QED) is 0.575. The average molecular weight is 332 g/mol. The Hall–Kier alpha value is -2.60. The summed E-state index contributed by atoms with van der Waals surface area (Å²) in [5.41, 5.74) is 5.67. The van der Waals surface area contributed by atoms with Gasteiger partial charge in [-0.25, -0.2) is 19.9 Å². The molecular weight excluding hydrogens is 312 g/mol. The third-order valence-corrected chi connectivity index (χ3v) is 5.05. The first-order valence-electron chi connectivity index (χ1n) is 8.98. The van der Waals surface area contributed by atoms with Crippen LogP contribution in [0.3, 0.4) is 0 Å². The molecule has 0 atom stereocenters. The van der Waals surface area contributed by atoms with Crippen LogP contribution < -0.4 is 0 Å². The molecule has 3 aromatic heterocycles. The first kappa shape index (κ1) is 14.7. The van der Waals surface area contributed by atoms with Crippen molar-refractivity contribution in [3.8, 4) is 0 Å². The van der Waals surface area contributed by atoms with E-state index in [2.05, 4.69) is 25.3 Å². The number of nitrogens with zero attached hydrogens (tertiary/aromatic N) is 6. The molecule has 25 heavy (non-hydrogen) atoms. The summed E-state index contributed by atoms with van der Waals surface area (Å²) in [6.07, 6.45) is 8.06. The lowest BCUT2D eigenvalue weighted by Crippen LogP contribution is -2.21. The second-order valence-electron chi connectivity index (χ2n) is 6.70. The first-order chi connectivity index (χ1) is 12.4. The minimum Gasteiger partial charge on any atom is -0.303 e. The normalized spacial score (nSPS) is 15.7. The van der Waals surface area contributed by atoms with Crippen molar-refractivity contribution in [3.05, 3.63) is 42.5 Å². The maximum atomic E-state index is 4.84. The molecule has 6 heteroatoms. The number of rotatable bonds is 4. The number of likely N-dealkylation sites (tertiary alicyclic amines) is 1. The van der Waals surface area contributed by atoms with Gasteiger partial charge in [-0.3, -0.25) is 4.40 Å². The predicted molar refractivity (Wildman–Crippen MR) is 97.6 cm³/mol. The topological polar surface area (TPSA) is 59.2 Å². The van der Waals surface area contributed by atoms with Gasteiger partial charge in [0.1, 0.15) is 11.8 Å². The van der Waals surface area contributed by atoms with Gasteiger partial charge in [0.05, 0.1) is 22.9 Å². The van der Waals surface area contributed by atoms with Crippen LogP contribution in [0.4, 0.5) is 0 Å². The minimum absolute atomic E-state index is 0.821. The summed E-state index contributed by atoms with van der Waals surface area (Å²) >= 11 is 0. The van der Waals surface area contributed by atoms with E-state index in [-0.39, 0.29) is 0 Å². The lowest BCUT2D eigenvalue weighted by molar-refractivity contribution is 0.333. The van der Waals surface area contributed by atoms with Crippen molar-refractivity contribution < 1.29 is 0 Å². The standard InChI is InChI=1S/C19H20N6/c1-2-8-17-14(6-1)23-19-15(7-5-11-24-9-3-4-10-24)22-16-12-20-13-21-18(16)25(17)19/h1-2,6,8,12-13H,3-5,7,9-11H2. The Kier molecular flexibility index (Phi) is 3.56. The number of aromatic nitrogens is 5. The molecule has 5 rings (SSSR count). The number of fused-ring (bicyclic) bond motifs is 5. The zero-order valence-electron chi connectivity index (χ0n) is 14.1. The van der Waals surface area contributed by atoms with E-state index in [1.165, 1.54) is 25.9 Å². The van der Waals surface area contributed by atoms with Gasteiger partial charge in [0.2, 0.25) is 0 Å². The van der Waals surface area contributed by atoms with Crippen molar-refractivity contribution in [1.29, 1.82) is 0 Å². The van der Waals surface area contributed by atoms with Gasteiger partial charge in [-0.15, -0.1) is 0 Å². The van der Waals surface area contributed by atoms with Gasteiger partial charge in [0, 0.05) is 0 Å². The molecule has 1 aliphatic rings. The molecule has 0 bridgehead atoms. The fraction of sp³-hybridized carbons (Fsp3) is 0.368. The second kappa shape index (κ2) is 6.04. The van der Waals surface area contributed by atoms with Crippen LogP contribution >= 0.6 is 0 Å². The minimum atomic E-state index is 0.821. The van der Waals surface area contributed by atoms with Crippen molar-refractivity contribution in [2.75, 3.05) is 19.6 Å². The van der Waals surface area contributed by atoms with E-state index >= 15 is 0 Å². The summed E-state index contributed by atoms with van der Waals surface area (Å²) in [6.45, 7) is 3.61. The fourth-order valence-electron chi connectivity index (χ4n) is 3.84. The molecule has 4 heterocycles. The highest BCUT2D eigenvalue weighted by atomic mass is 15.1. The summed E-state index contributed by atoms with van der Waals surface area (Å²) in [6, 6.07) is 8.19. The molecule has 4 aromatic rings. The number of benzene rings is 1. The highest BCUT2D eigenvalue weighted by Gasteiger charge is 2.16. The monoisotopic (exact) mass is 332 g/mol. The summed E-state index contributed by atoms with van der Waals surface area (Å²) in [5, 5.41) is 0. The van der Waals surface area contributed by atoms with Crippen LogP contribution in [0.25, 0.3) is 27.8 Å². The highest BCUT2D eigenvalue weighted by molar-refractivity contribution is 5.87. The Bertz CT molecular complexity index is 1050. The van der Waals surface area contributed by atoms with Gasteiger partial charge in [-0.05, 0) is 57.5 Å². The average Bonchev–Trinajstić information content (AvgIpc) is 3.29. The molecule has 1 aromatic carbocycles. The first-order valence-corrected chi connectivity index (χ1v) is 8.98. The molecule has 0 radical (unpaired) electrons. The summed E-state index contributed by atoms with van der Waals surface area (Å²) in [7, 11) is 0. The van der Waals surface area contributed by atoms with E-state index in [1.54, 1.807) is 12.5 Å². The van der Waals surface area contributed by atoms with Crippen LogP contribution in [0.2, 0.25) is 0 Å². The Morgan fingerprint density at radius 3 is 2.76 bits per heavy atom. The number of hydrogen-bond acceptors (Lipinski definition) is 5. The number of para-hydroxylation sites is 2. The zero-order valence-corrected chi connectivity index (χ0v) is 14.1. The molecule has 1 saturated heterocycles. The Labute approximate surface area is 145 Å². The molecule has 0 unspecified atom stereocenters. The van der Waals surface area contributed by atoms with Crippen molar-refractivity contribution in [1.82, 2.24) is 29.2 Å². The smallest absolute Gasteiger partial charge is 0.168 e. The Morgan fingerprint density at radius 2 is 1.84 bits per heavy atom. The van der Waals surface area contributed by atoms with E-state index in [1.807, 2.05) is 18.2 Å². The fourth-order valence-corrected chi connectivity index (χ4v) is 3.84. The van der Waals surface area contributed by atoms with Crippen LogP contribution in [0.5, 0.6) is 0 Å². The van der Waals surface area contributed by atoms with Crippen molar-refractivity contribution in [2.45, 2.75) is 25.7 Å². The van der Waals surface area contributed by atoms with E-state index in [4.69, 9.17) is 9.97 Å². The van der Waals surface area contributed by atoms with Crippen LogP contribution in [0.1, 0.15) is 25.0 Å². The maximum Gasteiger partial charge on any atom is 0.168 e. The molecular formula is C19H20N6. The van der Waals surface area contributed by atoms with Gasteiger partial charge in [-0.2, -0.15) is 0 Å². The molecule has 126 valence electrons. The van der Waals surface area contributed by atoms with Gasteiger partial charge >= 0.3 is 0 Å². The number of hydrogen-bond donors (Lipinski definition) is 0. The number of aryl methyl sites for hydroxylation is 1. The van der Waals surface area contributed by atoms with E-state index < -0.39 is 0 Å². The lowest BCUT2D eigenvalue weighted by atomic mass is 10.2. The van der Waals surface area contributed by atoms with Crippen LogP contribution in [0.15, 0.2) is 36.8 Å². The summed E-state index contributed by atoms with van der Waals surface area (Å²) in [4.78, 5) is 20.8. The summed E-state index contributed by atoms with van der Waals surface area (Å²) < 4.78 is 2.13. The van der Waals surface area contributed by atoms with Crippen LogP contribution in [-0.4, -0.2) is 48.9 Å². The van der Waals surface area contributed by atoms with Crippen molar-refractivity contribution >= 4 is 27.8 Å². The lowest BCUT2D eigenvalue weighted by Gasteiger charge is -2.14. The van der Waals surface area contributed by atoms with Crippen molar-refractivity contribution in [2.24, 2.45) is 0 Å². The summed E-state index contributed by atoms with van der Waals surface area (Å²) in [5.74, 6) is 0. The molecule has 1 fully saturated rings. The molecule has 0 spiro atoms.